The molecule has 0 aliphatic rings. The maximum absolute atomic E-state index is 12.2. The minimum absolute atomic E-state index is 0.337. The highest BCUT2D eigenvalue weighted by molar-refractivity contribution is 7.90. The monoisotopic (exact) mass is 520 g/mol. The minimum atomic E-state index is -6.09. The van der Waals surface area contributed by atoms with Crippen molar-refractivity contribution < 1.29 is 39.1 Å². The normalized spacial score (nSPS) is 12.7. The number of rotatable bonds is 4. The van der Waals surface area contributed by atoms with E-state index in [9.17, 15) is 21.6 Å². The second-order valence-electron chi connectivity index (χ2n) is 8.20. The topological polar surface area (TPSA) is 117 Å². The summed E-state index contributed by atoms with van der Waals surface area (Å²) >= 11 is 0. The number of halogens is 3. The van der Waals surface area contributed by atoms with Gasteiger partial charge in [0.1, 0.15) is 16.3 Å². The van der Waals surface area contributed by atoms with Crippen LogP contribution in [0, 0.1) is 6.92 Å². The van der Waals surface area contributed by atoms with Gasteiger partial charge in [-0.25, -0.2) is 16.8 Å². The lowest BCUT2D eigenvalue weighted by atomic mass is 9.99. The maximum Gasteiger partial charge on any atom is 0.485 e. The van der Waals surface area contributed by atoms with Crippen LogP contribution in [0.5, 0.6) is 0 Å². The average Bonchev–Trinajstić information content (AvgIpc) is 3.07. The van der Waals surface area contributed by atoms with Gasteiger partial charge < -0.3 is 9.08 Å². The predicted molar refractivity (Wildman–Crippen MR) is 121 cm³/mol. The highest BCUT2D eigenvalue weighted by Gasteiger charge is 2.37. The van der Waals surface area contributed by atoms with Gasteiger partial charge in [-0.2, -0.15) is 13.2 Å². The first-order valence-electron chi connectivity index (χ1n) is 9.54. The number of quaternary nitrogens is 1. The van der Waals surface area contributed by atoms with Gasteiger partial charge in [-0.3, -0.25) is 4.48 Å². The summed E-state index contributed by atoms with van der Waals surface area (Å²) in [5.41, 5.74) is -1.44. The molecule has 0 bridgehead atoms. The van der Waals surface area contributed by atoms with Crippen LogP contribution in [-0.4, -0.2) is 59.5 Å². The van der Waals surface area contributed by atoms with Gasteiger partial charge in [-0.15, -0.1) is 0 Å². The molecular weight excluding hydrogens is 497 g/mol. The first-order chi connectivity index (χ1) is 15.3. The van der Waals surface area contributed by atoms with E-state index in [4.69, 9.17) is 17.5 Å². The fraction of sp³-hybridized carbons (Fsp3) is 0.286. The molecule has 0 N–H and O–H groups in total. The van der Waals surface area contributed by atoms with Crippen molar-refractivity contribution in [1.29, 1.82) is 0 Å². The molecule has 13 heteroatoms. The number of aryl methyl sites for hydroxylation is 1. The zero-order chi connectivity index (χ0) is 26.1. The largest absolute Gasteiger partial charge is 0.741 e. The molecule has 3 rings (SSSR count). The molecule has 1 heterocycles. The van der Waals surface area contributed by atoms with E-state index in [1.54, 1.807) is 6.07 Å². The Bertz CT molecular complexity index is 1380. The van der Waals surface area contributed by atoms with Gasteiger partial charge in [0, 0.05) is 17.9 Å². The van der Waals surface area contributed by atoms with E-state index in [-0.39, 0.29) is 0 Å². The van der Waals surface area contributed by atoms with Gasteiger partial charge in [0.2, 0.25) is 0 Å². The van der Waals surface area contributed by atoms with Crippen LogP contribution in [0.2, 0.25) is 0 Å². The summed E-state index contributed by atoms with van der Waals surface area (Å²) < 4.78 is 89.2. The Hall–Kier alpha value is -2.74. The molecule has 0 unspecified atom stereocenters. The number of alkyl halides is 3. The van der Waals surface area contributed by atoms with Gasteiger partial charge in [-0.05, 0) is 18.6 Å². The first-order valence-corrected chi connectivity index (χ1v) is 12.8. The lowest BCUT2D eigenvalue weighted by Gasteiger charge is -2.26. The summed E-state index contributed by atoms with van der Waals surface area (Å²) in [6.45, 7) is 1.87. The molecule has 0 aliphatic heterocycles. The molecule has 0 saturated heterocycles. The third-order valence-electron chi connectivity index (χ3n) is 4.56. The van der Waals surface area contributed by atoms with Gasteiger partial charge in [0.25, 0.3) is 0 Å². The molecule has 8 nitrogen and oxygen atoms in total. The van der Waals surface area contributed by atoms with Crippen LogP contribution in [0.4, 0.5) is 18.9 Å². The predicted octanol–water partition coefficient (Wildman–Crippen LogP) is 3.97. The molecule has 0 aliphatic carbocycles. The number of nitrogens with zero attached hydrogens (tertiary/aromatic N) is 2. The van der Waals surface area contributed by atoms with E-state index in [1.807, 2.05) is 70.5 Å². The van der Waals surface area contributed by atoms with Crippen molar-refractivity contribution in [3.05, 3.63) is 54.3 Å². The van der Waals surface area contributed by atoms with Crippen molar-refractivity contribution in [2.75, 3.05) is 27.4 Å². The van der Waals surface area contributed by atoms with Gasteiger partial charge >= 0.3 is 5.51 Å². The Morgan fingerprint density at radius 3 is 1.91 bits per heavy atom. The number of hydrogen-bond donors (Lipinski definition) is 0. The number of aromatic nitrogens is 1. The Balaban J connectivity index is 0.000000440. The quantitative estimate of drug-likeness (QED) is 0.290. The molecule has 186 valence electrons. The number of benzene rings is 2. The highest BCUT2D eigenvalue weighted by Crippen LogP contribution is 2.38. The summed E-state index contributed by atoms with van der Waals surface area (Å²) in [5.74, 6) is 0.698. The summed E-state index contributed by atoms with van der Waals surface area (Å²) in [6.07, 6.45) is 1.24. The third-order valence-corrected chi connectivity index (χ3v) is 6.27. The van der Waals surface area contributed by atoms with Crippen LogP contribution in [0.3, 0.4) is 0 Å². The van der Waals surface area contributed by atoms with Crippen molar-refractivity contribution in [3.8, 4) is 22.4 Å². The van der Waals surface area contributed by atoms with Crippen molar-refractivity contribution in [3.63, 3.8) is 0 Å². The Morgan fingerprint density at radius 2 is 1.47 bits per heavy atom. The zero-order valence-corrected chi connectivity index (χ0v) is 20.5. The summed E-state index contributed by atoms with van der Waals surface area (Å²) in [7, 11) is -3.57. The van der Waals surface area contributed by atoms with Crippen LogP contribution in [-0.2, 0) is 20.0 Å². The smallest absolute Gasteiger partial charge is 0.485 e. The van der Waals surface area contributed by atoms with E-state index in [0.717, 1.165) is 28.1 Å². The molecule has 3 aromatic rings. The summed E-state index contributed by atoms with van der Waals surface area (Å²) in [4.78, 5) is 0.337. The highest BCUT2D eigenvalue weighted by atomic mass is 32.2. The molecule has 1 aromatic heterocycles. The SMILES string of the molecule is Cc1onc(-c2ccccc2)c1-c1ccc(S(C)(=O)=O)c([N+](C)(C)C)c1.O=S(=O)([O-])C(F)(F)F. The van der Waals surface area contributed by atoms with Gasteiger partial charge in [-0.1, -0.05) is 41.6 Å². The van der Waals surface area contributed by atoms with E-state index in [2.05, 4.69) is 5.16 Å². The molecular formula is C21H23F3N2O6S2. The van der Waals surface area contributed by atoms with Crippen LogP contribution in [0.15, 0.2) is 57.9 Å². The fourth-order valence-corrected chi connectivity index (χ4v) is 4.04. The molecule has 0 saturated carbocycles. The van der Waals surface area contributed by atoms with E-state index in [1.165, 1.54) is 6.26 Å². The number of hydrogen-bond acceptors (Lipinski definition) is 7. The average molecular weight is 521 g/mol. The second-order valence-corrected chi connectivity index (χ2v) is 11.6. The van der Waals surface area contributed by atoms with E-state index in [0.29, 0.717) is 15.1 Å². The van der Waals surface area contributed by atoms with Crippen molar-refractivity contribution in [1.82, 2.24) is 9.64 Å². The van der Waals surface area contributed by atoms with E-state index < -0.39 is 25.5 Å². The molecule has 0 radical (unpaired) electrons. The molecule has 34 heavy (non-hydrogen) atoms. The summed E-state index contributed by atoms with van der Waals surface area (Å²) in [5, 5.41) is 4.23. The van der Waals surface area contributed by atoms with Crippen LogP contribution < -0.4 is 4.48 Å². The van der Waals surface area contributed by atoms with E-state index >= 15 is 0 Å². The Labute approximate surface area is 195 Å². The van der Waals surface area contributed by atoms with Crippen LogP contribution in [0.25, 0.3) is 22.4 Å². The first kappa shape index (κ1) is 27.5. The van der Waals surface area contributed by atoms with Crippen LogP contribution in [0.1, 0.15) is 5.76 Å². The Kier molecular flexibility index (Phi) is 7.67. The molecule has 2 aromatic carbocycles. The Morgan fingerprint density at radius 1 is 0.941 bits per heavy atom. The second kappa shape index (κ2) is 9.49. The molecule has 0 fully saturated rings. The molecule has 0 spiro atoms. The lowest BCUT2D eigenvalue weighted by Crippen LogP contribution is -2.36. The summed E-state index contributed by atoms with van der Waals surface area (Å²) in [6, 6.07) is 15.2. The number of sulfone groups is 1. The van der Waals surface area contributed by atoms with Gasteiger partial charge in [0.15, 0.2) is 25.6 Å². The van der Waals surface area contributed by atoms with Gasteiger partial charge in [0.05, 0.1) is 26.7 Å². The third kappa shape index (κ3) is 6.44. The van der Waals surface area contributed by atoms with Crippen molar-refractivity contribution >= 4 is 25.6 Å². The standard InChI is InChI=1S/C20H23N2O3S.CHF3O3S/c1-14-19(20(21-25-14)15-9-7-6-8-10-15)16-11-12-18(26(5,23)24)17(13-16)22(2,3)4;2-1(3,4)8(5,6)7/h6-13H,1-5H3;(H,5,6,7)/q+1;/p-1. The van der Waals surface area contributed by atoms with Crippen molar-refractivity contribution in [2.24, 2.45) is 0 Å². The van der Waals surface area contributed by atoms with Crippen molar-refractivity contribution in [2.45, 2.75) is 17.3 Å². The lowest BCUT2D eigenvalue weighted by molar-refractivity contribution is -0.0517. The molecule has 0 amide bonds. The minimum Gasteiger partial charge on any atom is -0.741 e. The maximum atomic E-state index is 12.2. The zero-order valence-electron chi connectivity index (χ0n) is 18.9. The van der Waals surface area contributed by atoms with Crippen LogP contribution >= 0.6 is 0 Å². The molecule has 0 atom stereocenters. The fourth-order valence-electron chi connectivity index (χ4n) is 3.02.